The molecule has 0 unspecified atom stereocenters. The van der Waals surface area contributed by atoms with E-state index >= 15 is 0 Å². The summed E-state index contributed by atoms with van der Waals surface area (Å²) in [5.41, 5.74) is 2.54. The molecule has 8 heteroatoms. The average Bonchev–Trinajstić information content (AvgIpc) is 3.19. The van der Waals surface area contributed by atoms with Crippen molar-refractivity contribution in [2.24, 2.45) is 5.92 Å². The molecular weight excluding hydrogens is 400 g/mol. The lowest BCUT2D eigenvalue weighted by Gasteiger charge is -2.51. The van der Waals surface area contributed by atoms with E-state index in [0.29, 0.717) is 24.8 Å². The van der Waals surface area contributed by atoms with Crippen LogP contribution in [-0.2, 0) is 16.4 Å². The fourth-order valence-corrected chi connectivity index (χ4v) is 7.67. The molecule has 4 aliphatic heterocycles. The van der Waals surface area contributed by atoms with Crippen LogP contribution in [0.2, 0.25) is 0 Å². The summed E-state index contributed by atoms with van der Waals surface area (Å²) in [6, 6.07) is 4.43. The number of ether oxygens (including phenoxy) is 2. The van der Waals surface area contributed by atoms with Gasteiger partial charge in [0.05, 0.1) is 5.75 Å². The molecule has 2 saturated heterocycles. The summed E-state index contributed by atoms with van der Waals surface area (Å²) in [4.78, 5) is 2.54. The van der Waals surface area contributed by atoms with E-state index in [1.165, 1.54) is 11.1 Å². The molecule has 0 spiro atoms. The molecule has 0 radical (unpaired) electrons. The third kappa shape index (κ3) is 3.11. The highest BCUT2D eigenvalue weighted by Crippen LogP contribution is 2.50. The molecule has 0 aliphatic carbocycles. The molecule has 0 bridgehead atoms. The summed E-state index contributed by atoms with van der Waals surface area (Å²) in [7, 11) is -3.27. The zero-order chi connectivity index (χ0) is 19.3. The van der Waals surface area contributed by atoms with Crippen LogP contribution in [0.1, 0.15) is 42.9 Å². The van der Waals surface area contributed by atoms with Crippen LogP contribution in [0.25, 0.3) is 0 Å². The van der Waals surface area contributed by atoms with E-state index in [2.05, 4.69) is 11.0 Å². The zero-order valence-corrected chi connectivity index (χ0v) is 17.6. The van der Waals surface area contributed by atoms with Gasteiger partial charge in [0.1, 0.15) is 0 Å². The van der Waals surface area contributed by atoms with Crippen LogP contribution in [-0.4, -0.2) is 61.7 Å². The Morgan fingerprint density at radius 3 is 2.96 bits per heavy atom. The van der Waals surface area contributed by atoms with Crippen molar-refractivity contribution >= 4 is 21.6 Å². The van der Waals surface area contributed by atoms with Gasteiger partial charge in [-0.3, -0.25) is 4.90 Å². The maximum atomic E-state index is 13.0. The van der Waals surface area contributed by atoms with Crippen molar-refractivity contribution in [2.45, 2.75) is 44.2 Å². The number of sulfonamides is 1. The van der Waals surface area contributed by atoms with Gasteiger partial charge < -0.3 is 9.47 Å². The molecule has 1 aromatic rings. The maximum Gasteiger partial charge on any atom is 0.231 e. The van der Waals surface area contributed by atoms with Crippen molar-refractivity contribution in [1.29, 1.82) is 0 Å². The van der Waals surface area contributed by atoms with Crippen LogP contribution in [0, 0.1) is 5.92 Å². The number of halogens is 1. The Labute approximate surface area is 171 Å². The van der Waals surface area contributed by atoms with E-state index in [9.17, 15) is 8.42 Å². The summed E-state index contributed by atoms with van der Waals surface area (Å²) in [5, 5.41) is 0. The summed E-state index contributed by atoms with van der Waals surface area (Å²) >= 11 is 5.77. The molecule has 5 rings (SSSR count). The standard InChI is InChI=1S/C20H27ClN2O4S/c21-7-2-10-28(24,25)23-8-1-3-15-12-22-9-6-14-4-5-18-20(27-13-26-18)19(14)17(22)11-16(15)23/h4-5,15-17H,1-3,6-13H2/t15-,16+,17+/m1/s1. The minimum atomic E-state index is -3.27. The van der Waals surface area contributed by atoms with Crippen LogP contribution in [0.4, 0.5) is 0 Å². The summed E-state index contributed by atoms with van der Waals surface area (Å²) in [6.07, 6.45) is 4.40. The minimum Gasteiger partial charge on any atom is -0.454 e. The quantitative estimate of drug-likeness (QED) is 0.693. The first-order valence-electron chi connectivity index (χ1n) is 10.3. The number of benzene rings is 1. The minimum absolute atomic E-state index is 0.0689. The lowest BCUT2D eigenvalue weighted by Crippen LogP contribution is -2.57. The lowest BCUT2D eigenvalue weighted by molar-refractivity contribution is 0.0209. The second-order valence-corrected chi connectivity index (χ2v) is 10.7. The first-order valence-corrected chi connectivity index (χ1v) is 12.4. The number of hydrogen-bond acceptors (Lipinski definition) is 5. The van der Waals surface area contributed by atoms with Gasteiger partial charge in [0, 0.05) is 43.2 Å². The van der Waals surface area contributed by atoms with Gasteiger partial charge in [0.2, 0.25) is 16.8 Å². The Morgan fingerprint density at radius 1 is 1.21 bits per heavy atom. The normalized spacial score (nSPS) is 29.8. The predicted molar refractivity (Wildman–Crippen MR) is 108 cm³/mol. The van der Waals surface area contributed by atoms with Crippen molar-refractivity contribution in [3.8, 4) is 11.5 Å². The van der Waals surface area contributed by atoms with Gasteiger partial charge >= 0.3 is 0 Å². The Balaban J connectivity index is 1.48. The monoisotopic (exact) mass is 426 g/mol. The Bertz CT molecular complexity index is 862. The molecule has 2 fully saturated rings. The highest BCUT2D eigenvalue weighted by Gasteiger charge is 2.47. The molecule has 3 atom stereocenters. The highest BCUT2D eigenvalue weighted by molar-refractivity contribution is 7.89. The van der Waals surface area contributed by atoms with E-state index in [1.807, 2.05) is 6.07 Å². The van der Waals surface area contributed by atoms with Gasteiger partial charge in [-0.1, -0.05) is 6.07 Å². The summed E-state index contributed by atoms with van der Waals surface area (Å²) < 4.78 is 39.3. The number of hydrogen-bond donors (Lipinski definition) is 0. The predicted octanol–water partition coefficient (Wildman–Crippen LogP) is 2.76. The Kier molecular flexibility index (Phi) is 4.98. The SMILES string of the molecule is O=S(=O)(CCCCl)N1CCC[C@@H]2CN3CCc4ccc5c(c4[C@@H]3C[C@@H]21)OCO5. The van der Waals surface area contributed by atoms with Crippen molar-refractivity contribution in [3.63, 3.8) is 0 Å². The molecule has 4 aliphatic rings. The third-order valence-electron chi connectivity index (χ3n) is 6.80. The first kappa shape index (κ1) is 19.0. The van der Waals surface area contributed by atoms with E-state index in [1.54, 1.807) is 4.31 Å². The fraction of sp³-hybridized carbons (Fsp3) is 0.700. The van der Waals surface area contributed by atoms with Crippen LogP contribution in [0.15, 0.2) is 12.1 Å². The summed E-state index contributed by atoms with van der Waals surface area (Å²) in [5.74, 6) is 2.63. The number of nitrogens with zero attached hydrogens (tertiary/aromatic N) is 2. The van der Waals surface area contributed by atoms with E-state index < -0.39 is 10.0 Å². The highest BCUT2D eigenvalue weighted by atomic mass is 35.5. The van der Waals surface area contributed by atoms with Crippen molar-refractivity contribution in [2.75, 3.05) is 38.1 Å². The van der Waals surface area contributed by atoms with Crippen molar-refractivity contribution in [3.05, 3.63) is 23.3 Å². The number of alkyl halides is 1. The van der Waals surface area contributed by atoms with E-state index in [4.69, 9.17) is 21.1 Å². The topological polar surface area (TPSA) is 59.1 Å². The third-order valence-corrected chi connectivity index (χ3v) is 9.04. The molecule has 154 valence electrons. The van der Waals surface area contributed by atoms with Gasteiger partial charge in [-0.05, 0) is 49.7 Å². The zero-order valence-electron chi connectivity index (χ0n) is 16.0. The average molecular weight is 427 g/mol. The second kappa shape index (κ2) is 7.35. The maximum absolute atomic E-state index is 13.0. The first-order chi connectivity index (χ1) is 13.6. The van der Waals surface area contributed by atoms with Gasteiger partial charge in [-0.2, -0.15) is 4.31 Å². The Morgan fingerprint density at radius 2 is 2.11 bits per heavy atom. The van der Waals surface area contributed by atoms with E-state index in [0.717, 1.165) is 50.3 Å². The van der Waals surface area contributed by atoms with Crippen LogP contribution >= 0.6 is 11.6 Å². The molecule has 28 heavy (non-hydrogen) atoms. The molecule has 0 saturated carbocycles. The second-order valence-electron chi connectivity index (χ2n) is 8.31. The number of rotatable bonds is 4. The van der Waals surface area contributed by atoms with Crippen LogP contribution in [0.3, 0.4) is 0 Å². The Hall–Kier alpha value is -1.02. The lowest BCUT2D eigenvalue weighted by atomic mass is 9.77. The van der Waals surface area contributed by atoms with Gasteiger partial charge in [-0.15, -0.1) is 11.6 Å². The largest absolute Gasteiger partial charge is 0.454 e. The number of fused-ring (bicyclic) bond motifs is 6. The number of piperidine rings is 2. The van der Waals surface area contributed by atoms with Gasteiger partial charge in [-0.25, -0.2) is 8.42 Å². The fourth-order valence-electron chi connectivity index (χ4n) is 5.56. The van der Waals surface area contributed by atoms with Crippen LogP contribution in [0.5, 0.6) is 11.5 Å². The molecule has 4 heterocycles. The van der Waals surface area contributed by atoms with Gasteiger partial charge in [0.25, 0.3) is 0 Å². The molecule has 1 aromatic carbocycles. The molecule has 0 aromatic heterocycles. The van der Waals surface area contributed by atoms with Crippen molar-refractivity contribution < 1.29 is 17.9 Å². The van der Waals surface area contributed by atoms with E-state index in [-0.39, 0.29) is 24.6 Å². The molecule has 0 amide bonds. The smallest absolute Gasteiger partial charge is 0.231 e. The van der Waals surface area contributed by atoms with Crippen LogP contribution < -0.4 is 9.47 Å². The molecule has 6 nitrogen and oxygen atoms in total. The van der Waals surface area contributed by atoms with Crippen molar-refractivity contribution in [1.82, 2.24) is 9.21 Å². The molecule has 0 N–H and O–H groups in total. The summed E-state index contributed by atoms with van der Waals surface area (Å²) in [6.45, 7) is 2.89. The molecular formula is C20H27ClN2O4S. The van der Waals surface area contributed by atoms with Gasteiger partial charge in [0.15, 0.2) is 11.5 Å².